The van der Waals surface area contributed by atoms with Crippen LogP contribution in [0.1, 0.15) is 22.2 Å². The zero-order chi connectivity index (χ0) is 22.7. The number of hydrogen-bond acceptors (Lipinski definition) is 8. The normalized spacial score (nSPS) is 19.5. The van der Waals surface area contributed by atoms with Crippen molar-refractivity contribution in [2.24, 2.45) is 0 Å². The van der Waals surface area contributed by atoms with Crippen LogP contribution in [-0.2, 0) is 9.53 Å². The Bertz CT molecular complexity index is 1010. The maximum Gasteiger partial charge on any atom is 0.290 e. The molecule has 1 amide bonds. The van der Waals surface area contributed by atoms with Crippen molar-refractivity contribution in [3.8, 4) is 11.5 Å². The van der Waals surface area contributed by atoms with E-state index in [-0.39, 0.29) is 11.3 Å². The number of carbonyl (C=O) groups is 2. The monoisotopic (exact) mass is 442 g/mol. The molecule has 2 aromatic rings. The molecule has 0 bridgehead atoms. The Balaban J connectivity index is 1.73. The fourth-order valence-corrected chi connectivity index (χ4v) is 4.10. The Morgan fingerprint density at radius 2 is 1.94 bits per heavy atom. The molecular weight excluding hydrogens is 416 g/mol. The Labute approximate surface area is 185 Å². The van der Waals surface area contributed by atoms with Crippen LogP contribution in [0, 0.1) is 0 Å². The highest BCUT2D eigenvalue weighted by Gasteiger charge is 2.45. The molecule has 9 heteroatoms. The van der Waals surface area contributed by atoms with Gasteiger partial charge in [-0.25, -0.2) is 0 Å². The summed E-state index contributed by atoms with van der Waals surface area (Å²) < 4.78 is 21.5. The second-order valence-corrected chi connectivity index (χ2v) is 7.53. The number of aliphatic hydroxyl groups excluding tert-OH is 1. The molecule has 1 N–H and O–H groups in total. The first-order chi connectivity index (χ1) is 15.5. The molecule has 170 valence electrons. The van der Waals surface area contributed by atoms with Crippen molar-refractivity contribution in [2.75, 3.05) is 53.6 Å². The molecule has 0 spiro atoms. The van der Waals surface area contributed by atoms with E-state index in [1.54, 1.807) is 31.4 Å². The van der Waals surface area contributed by atoms with Crippen molar-refractivity contribution in [3.63, 3.8) is 0 Å². The Hall–Kier alpha value is -3.30. The Morgan fingerprint density at radius 1 is 1.16 bits per heavy atom. The van der Waals surface area contributed by atoms with Crippen LogP contribution in [-0.4, -0.2) is 80.2 Å². The molecule has 1 aromatic carbocycles. The van der Waals surface area contributed by atoms with Crippen molar-refractivity contribution in [1.82, 2.24) is 9.80 Å². The van der Waals surface area contributed by atoms with Gasteiger partial charge in [-0.1, -0.05) is 0 Å². The number of nitrogens with zero attached hydrogens (tertiary/aromatic N) is 2. The number of Topliss-reactive ketones (excluding diaryl/α,β-unsaturated/α-hetero) is 1. The van der Waals surface area contributed by atoms with E-state index in [2.05, 4.69) is 4.90 Å². The van der Waals surface area contributed by atoms with Crippen molar-refractivity contribution >= 4 is 11.7 Å². The lowest BCUT2D eigenvalue weighted by molar-refractivity contribution is -0.129. The van der Waals surface area contributed by atoms with Gasteiger partial charge in [0.15, 0.2) is 11.5 Å². The maximum atomic E-state index is 13.2. The molecule has 2 aliphatic rings. The van der Waals surface area contributed by atoms with E-state index in [0.29, 0.717) is 43.4 Å². The SMILES string of the molecule is COc1ccc([C@H]2C(C(=O)c3ccco3)=C(O)C(=O)N2CCN2CCOCC2)c(OC)c1. The zero-order valence-electron chi connectivity index (χ0n) is 18.1. The van der Waals surface area contributed by atoms with Gasteiger partial charge in [0, 0.05) is 37.8 Å². The first kappa shape index (κ1) is 21.9. The van der Waals surface area contributed by atoms with Crippen LogP contribution in [0.25, 0.3) is 0 Å². The second kappa shape index (κ2) is 9.46. The largest absolute Gasteiger partial charge is 0.503 e. The van der Waals surface area contributed by atoms with E-state index in [1.807, 2.05) is 0 Å². The van der Waals surface area contributed by atoms with Crippen LogP contribution in [0.4, 0.5) is 0 Å². The third kappa shape index (κ3) is 4.09. The molecule has 0 unspecified atom stereocenters. The number of aliphatic hydroxyl groups is 1. The van der Waals surface area contributed by atoms with Gasteiger partial charge >= 0.3 is 0 Å². The molecule has 1 aromatic heterocycles. The van der Waals surface area contributed by atoms with E-state index < -0.39 is 23.5 Å². The summed E-state index contributed by atoms with van der Waals surface area (Å²) in [6.45, 7) is 3.69. The lowest BCUT2D eigenvalue weighted by atomic mass is 9.94. The number of ether oxygens (including phenoxy) is 3. The summed E-state index contributed by atoms with van der Waals surface area (Å²) in [6.07, 6.45) is 1.38. The first-order valence-corrected chi connectivity index (χ1v) is 10.4. The number of furan rings is 1. The van der Waals surface area contributed by atoms with Crippen LogP contribution in [0.2, 0.25) is 0 Å². The van der Waals surface area contributed by atoms with Crippen molar-refractivity contribution < 1.29 is 33.3 Å². The van der Waals surface area contributed by atoms with Crippen molar-refractivity contribution in [3.05, 3.63) is 59.3 Å². The van der Waals surface area contributed by atoms with E-state index in [9.17, 15) is 14.7 Å². The van der Waals surface area contributed by atoms with E-state index in [1.165, 1.54) is 24.3 Å². The highest BCUT2D eigenvalue weighted by Crippen LogP contribution is 2.43. The number of ketones is 1. The number of rotatable bonds is 8. The summed E-state index contributed by atoms with van der Waals surface area (Å²) in [6, 6.07) is 7.41. The minimum atomic E-state index is -0.831. The van der Waals surface area contributed by atoms with Gasteiger partial charge in [0.1, 0.15) is 11.5 Å². The number of benzene rings is 1. The van der Waals surface area contributed by atoms with Crippen LogP contribution in [0.5, 0.6) is 11.5 Å². The Morgan fingerprint density at radius 3 is 2.59 bits per heavy atom. The average Bonchev–Trinajstić information content (AvgIpc) is 3.45. The fourth-order valence-electron chi connectivity index (χ4n) is 4.10. The molecule has 0 radical (unpaired) electrons. The minimum Gasteiger partial charge on any atom is -0.503 e. The maximum absolute atomic E-state index is 13.2. The van der Waals surface area contributed by atoms with E-state index in [0.717, 1.165) is 13.1 Å². The average molecular weight is 442 g/mol. The highest BCUT2D eigenvalue weighted by molar-refractivity contribution is 6.15. The molecule has 2 aliphatic heterocycles. The molecule has 1 atom stereocenters. The lowest BCUT2D eigenvalue weighted by Crippen LogP contribution is -2.43. The molecule has 1 fully saturated rings. The zero-order valence-corrected chi connectivity index (χ0v) is 18.1. The summed E-state index contributed by atoms with van der Waals surface area (Å²) >= 11 is 0. The minimum absolute atomic E-state index is 0.0320. The van der Waals surface area contributed by atoms with Crippen LogP contribution in [0.15, 0.2) is 52.3 Å². The molecule has 0 aliphatic carbocycles. The van der Waals surface area contributed by atoms with Gasteiger partial charge in [-0.15, -0.1) is 0 Å². The van der Waals surface area contributed by atoms with Gasteiger partial charge in [-0.2, -0.15) is 0 Å². The third-order valence-electron chi connectivity index (χ3n) is 5.79. The molecule has 32 heavy (non-hydrogen) atoms. The van der Waals surface area contributed by atoms with Gasteiger partial charge in [-0.05, 0) is 24.3 Å². The number of hydrogen-bond donors (Lipinski definition) is 1. The molecule has 3 heterocycles. The summed E-state index contributed by atoms with van der Waals surface area (Å²) in [5.41, 5.74) is 0.540. The number of amides is 1. The molecule has 9 nitrogen and oxygen atoms in total. The highest BCUT2D eigenvalue weighted by atomic mass is 16.5. The topological polar surface area (TPSA) is 102 Å². The molecule has 0 saturated carbocycles. The van der Waals surface area contributed by atoms with Gasteiger partial charge in [-0.3, -0.25) is 14.5 Å². The van der Waals surface area contributed by atoms with E-state index >= 15 is 0 Å². The summed E-state index contributed by atoms with van der Waals surface area (Å²) in [7, 11) is 3.05. The molecule has 1 saturated heterocycles. The first-order valence-electron chi connectivity index (χ1n) is 10.4. The predicted molar refractivity (Wildman–Crippen MR) is 114 cm³/mol. The van der Waals surface area contributed by atoms with Crippen LogP contribution >= 0.6 is 0 Å². The molecular formula is C23H26N2O7. The number of methoxy groups -OCH3 is 2. The van der Waals surface area contributed by atoms with E-state index in [4.69, 9.17) is 18.6 Å². The van der Waals surface area contributed by atoms with Gasteiger partial charge in [0.05, 0.1) is 45.3 Å². The van der Waals surface area contributed by atoms with Crippen molar-refractivity contribution in [2.45, 2.75) is 6.04 Å². The summed E-state index contributed by atoms with van der Waals surface area (Å²) in [4.78, 5) is 30.0. The Kier molecular flexibility index (Phi) is 6.48. The lowest BCUT2D eigenvalue weighted by Gasteiger charge is -2.32. The summed E-state index contributed by atoms with van der Waals surface area (Å²) in [5.74, 6) is -0.656. The van der Waals surface area contributed by atoms with Crippen LogP contribution < -0.4 is 9.47 Å². The second-order valence-electron chi connectivity index (χ2n) is 7.53. The fraction of sp³-hybridized carbons (Fsp3) is 0.391. The quantitative estimate of drug-likeness (QED) is 0.621. The number of morpholine rings is 1. The molecule has 4 rings (SSSR count). The van der Waals surface area contributed by atoms with Crippen molar-refractivity contribution in [1.29, 1.82) is 0 Å². The number of carbonyl (C=O) groups excluding carboxylic acids is 2. The van der Waals surface area contributed by atoms with Gasteiger partial charge in [0.25, 0.3) is 5.91 Å². The van der Waals surface area contributed by atoms with Gasteiger partial charge in [0.2, 0.25) is 5.78 Å². The van der Waals surface area contributed by atoms with Crippen LogP contribution in [0.3, 0.4) is 0 Å². The smallest absolute Gasteiger partial charge is 0.290 e. The standard InChI is InChI=1S/C23H26N2O7/c1-29-15-5-6-16(18(14-15)30-2)20-19(21(26)17-4-3-11-32-17)22(27)23(28)25(20)8-7-24-9-12-31-13-10-24/h3-6,11,14,20,27H,7-10,12-13H2,1-2H3/t20-/m0/s1. The van der Waals surface area contributed by atoms with Gasteiger partial charge < -0.3 is 28.6 Å². The third-order valence-corrected chi connectivity index (χ3v) is 5.79. The predicted octanol–water partition coefficient (Wildman–Crippen LogP) is 2.21. The summed E-state index contributed by atoms with van der Waals surface area (Å²) in [5, 5.41) is 10.8.